The second-order valence-corrected chi connectivity index (χ2v) is 4.55. The summed E-state index contributed by atoms with van der Waals surface area (Å²) < 4.78 is 0. The molecule has 0 aromatic heterocycles. The third-order valence-electron chi connectivity index (χ3n) is 3.27. The number of nitrogens with one attached hydrogen (secondary N) is 2. The van der Waals surface area contributed by atoms with Gasteiger partial charge in [0.15, 0.2) is 5.96 Å². The first kappa shape index (κ1) is 12.5. The number of carbonyl (C=O) groups is 1. The fraction of sp³-hybridized carbons (Fsp3) is 0.500. The van der Waals surface area contributed by atoms with Crippen LogP contribution in [0.25, 0.3) is 0 Å². The molecule has 0 aromatic carbocycles. The van der Waals surface area contributed by atoms with E-state index in [2.05, 4.69) is 5.32 Å². The van der Waals surface area contributed by atoms with E-state index >= 15 is 0 Å². The molecule has 2 aliphatic heterocycles. The van der Waals surface area contributed by atoms with Crippen molar-refractivity contribution in [3.8, 4) is 0 Å². The van der Waals surface area contributed by atoms with Gasteiger partial charge in [0.25, 0.3) is 0 Å². The lowest BCUT2D eigenvalue weighted by Gasteiger charge is -2.34. The van der Waals surface area contributed by atoms with Crippen LogP contribution in [0.15, 0.2) is 24.2 Å². The summed E-state index contributed by atoms with van der Waals surface area (Å²) in [6.07, 6.45) is 8.43. The van der Waals surface area contributed by atoms with Gasteiger partial charge in [-0.05, 0) is 19.3 Å². The van der Waals surface area contributed by atoms with E-state index < -0.39 is 0 Å². The summed E-state index contributed by atoms with van der Waals surface area (Å²) in [5, 5.41) is 9.82. The second kappa shape index (κ2) is 5.12. The van der Waals surface area contributed by atoms with Gasteiger partial charge in [0.2, 0.25) is 5.91 Å². The molecule has 1 amide bonds. The third-order valence-corrected chi connectivity index (χ3v) is 3.27. The summed E-state index contributed by atoms with van der Waals surface area (Å²) >= 11 is 0. The Morgan fingerprint density at radius 1 is 1.67 bits per heavy atom. The van der Waals surface area contributed by atoms with E-state index in [4.69, 9.17) is 11.1 Å². The van der Waals surface area contributed by atoms with Gasteiger partial charge < -0.3 is 20.9 Å². The van der Waals surface area contributed by atoms with E-state index in [0.717, 1.165) is 25.0 Å². The van der Waals surface area contributed by atoms with Crippen molar-refractivity contribution < 1.29 is 4.79 Å². The number of rotatable bonds is 4. The third kappa shape index (κ3) is 2.47. The van der Waals surface area contributed by atoms with E-state index in [9.17, 15) is 4.79 Å². The molecular formula is C12H19N5O. The summed E-state index contributed by atoms with van der Waals surface area (Å²) in [6.45, 7) is 0.647. The number of guanidine groups is 1. The highest BCUT2D eigenvalue weighted by Gasteiger charge is 2.33. The van der Waals surface area contributed by atoms with Gasteiger partial charge in [-0.25, -0.2) is 0 Å². The van der Waals surface area contributed by atoms with Crippen molar-refractivity contribution in [3.63, 3.8) is 0 Å². The quantitative estimate of drug-likeness (QED) is 0.376. The van der Waals surface area contributed by atoms with Crippen LogP contribution in [0.1, 0.15) is 19.3 Å². The Morgan fingerprint density at radius 2 is 2.44 bits per heavy atom. The fourth-order valence-electron chi connectivity index (χ4n) is 2.25. The standard InChI is InChI=1S/C12H19N5O/c1-16-9(4-2-6-15-12(13)14)8-17-7-3-5-10(17)11(16)18/h3,7-8,10H,2,4-6H2,1H3,(H4,13,14,15). The summed E-state index contributed by atoms with van der Waals surface area (Å²) in [6, 6.07) is -0.0471. The molecule has 18 heavy (non-hydrogen) atoms. The first-order chi connectivity index (χ1) is 8.59. The Hall–Kier alpha value is -1.98. The number of hydrogen-bond acceptors (Lipinski definition) is 3. The Bertz CT molecular complexity index is 415. The highest BCUT2D eigenvalue weighted by atomic mass is 16.2. The van der Waals surface area contributed by atoms with E-state index in [-0.39, 0.29) is 17.9 Å². The number of likely N-dealkylation sites (N-methyl/N-ethyl adjacent to an activating group) is 1. The van der Waals surface area contributed by atoms with Crippen molar-refractivity contribution >= 4 is 11.9 Å². The SMILES string of the molecule is CN1C(=O)C2CC=CN2C=C1CCCNC(=N)N. The Labute approximate surface area is 107 Å². The van der Waals surface area contributed by atoms with Gasteiger partial charge >= 0.3 is 0 Å². The Kier molecular flexibility index (Phi) is 3.55. The Balaban J connectivity index is 1.92. The zero-order valence-electron chi connectivity index (χ0n) is 10.5. The molecule has 0 aromatic rings. The number of nitrogens with two attached hydrogens (primary N) is 1. The van der Waals surface area contributed by atoms with Crippen LogP contribution in [-0.2, 0) is 4.79 Å². The number of amides is 1. The highest BCUT2D eigenvalue weighted by Crippen LogP contribution is 2.26. The van der Waals surface area contributed by atoms with Gasteiger partial charge in [-0.15, -0.1) is 0 Å². The Morgan fingerprint density at radius 3 is 3.17 bits per heavy atom. The lowest BCUT2D eigenvalue weighted by molar-refractivity contribution is -0.133. The molecule has 0 saturated heterocycles. The molecule has 0 aliphatic carbocycles. The normalized spacial score (nSPS) is 21.9. The summed E-state index contributed by atoms with van der Waals surface area (Å²) in [4.78, 5) is 15.8. The van der Waals surface area contributed by atoms with Crippen molar-refractivity contribution in [1.29, 1.82) is 5.41 Å². The average molecular weight is 249 g/mol. The predicted octanol–water partition coefficient (Wildman–Crippen LogP) is 0.151. The fourth-order valence-corrected chi connectivity index (χ4v) is 2.25. The minimum absolute atomic E-state index is 0.0143. The lowest BCUT2D eigenvalue weighted by Crippen LogP contribution is -2.45. The molecule has 0 bridgehead atoms. The van der Waals surface area contributed by atoms with Crippen LogP contribution in [0.2, 0.25) is 0 Å². The predicted molar refractivity (Wildman–Crippen MR) is 69.4 cm³/mol. The van der Waals surface area contributed by atoms with Crippen LogP contribution in [0.4, 0.5) is 0 Å². The van der Waals surface area contributed by atoms with Crippen molar-refractivity contribution in [2.45, 2.75) is 25.3 Å². The molecule has 2 rings (SSSR count). The topological polar surface area (TPSA) is 85.5 Å². The molecule has 1 unspecified atom stereocenters. The van der Waals surface area contributed by atoms with Crippen LogP contribution in [-0.4, -0.2) is 41.3 Å². The molecule has 0 radical (unpaired) electrons. The van der Waals surface area contributed by atoms with Gasteiger partial charge in [0.1, 0.15) is 6.04 Å². The molecule has 98 valence electrons. The molecule has 4 N–H and O–H groups in total. The average Bonchev–Trinajstić information content (AvgIpc) is 2.78. The maximum Gasteiger partial charge on any atom is 0.249 e. The number of allylic oxidation sites excluding steroid dienone is 1. The largest absolute Gasteiger partial charge is 0.370 e. The molecular weight excluding hydrogens is 230 g/mol. The number of fused-ring (bicyclic) bond motifs is 1. The van der Waals surface area contributed by atoms with Gasteiger partial charge in [-0.2, -0.15) is 0 Å². The maximum atomic E-state index is 12.1. The monoisotopic (exact) mass is 249 g/mol. The molecule has 2 heterocycles. The van der Waals surface area contributed by atoms with Crippen LogP contribution in [0, 0.1) is 5.41 Å². The van der Waals surface area contributed by atoms with E-state index in [1.807, 2.05) is 30.4 Å². The van der Waals surface area contributed by atoms with E-state index in [1.54, 1.807) is 4.90 Å². The lowest BCUT2D eigenvalue weighted by atomic mass is 10.1. The summed E-state index contributed by atoms with van der Waals surface area (Å²) in [5.41, 5.74) is 6.21. The number of nitrogens with zero attached hydrogens (tertiary/aromatic N) is 2. The van der Waals surface area contributed by atoms with Gasteiger partial charge in [0, 0.05) is 31.7 Å². The minimum Gasteiger partial charge on any atom is -0.370 e. The van der Waals surface area contributed by atoms with E-state index in [0.29, 0.717) is 6.54 Å². The highest BCUT2D eigenvalue weighted by molar-refractivity contribution is 5.85. The second-order valence-electron chi connectivity index (χ2n) is 4.55. The van der Waals surface area contributed by atoms with Crippen molar-refractivity contribution in [2.75, 3.05) is 13.6 Å². The zero-order chi connectivity index (χ0) is 13.1. The molecule has 0 spiro atoms. The molecule has 0 fully saturated rings. The first-order valence-corrected chi connectivity index (χ1v) is 6.10. The van der Waals surface area contributed by atoms with Crippen LogP contribution >= 0.6 is 0 Å². The van der Waals surface area contributed by atoms with Crippen molar-refractivity contribution in [3.05, 3.63) is 24.2 Å². The van der Waals surface area contributed by atoms with Crippen LogP contribution in [0.3, 0.4) is 0 Å². The number of carbonyl (C=O) groups excluding carboxylic acids is 1. The zero-order valence-corrected chi connectivity index (χ0v) is 10.5. The summed E-state index contributed by atoms with van der Waals surface area (Å²) in [7, 11) is 1.82. The van der Waals surface area contributed by atoms with Gasteiger partial charge in [0.05, 0.1) is 0 Å². The molecule has 1 atom stereocenters. The smallest absolute Gasteiger partial charge is 0.249 e. The van der Waals surface area contributed by atoms with Crippen LogP contribution < -0.4 is 11.1 Å². The summed E-state index contributed by atoms with van der Waals surface area (Å²) in [5.74, 6) is 0.136. The van der Waals surface area contributed by atoms with Gasteiger partial charge in [-0.1, -0.05) is 6.08 Å². The molecule has 6 heteroatoms. The van der Waals surface area contributed by atoms with Crippen molar-refractivity contribution in [1.82, 2.24) is 15.1 Å². The first-order valence-electron chi connectivity index (χ1n) is 6.10. The maximum absolute atomic E-state index is 12.1. The van der Waals surface area contributed by atoms with Crippen LogP contribution in [0.5, 0.6) is 0 Å². The number of hydrogen-bond donors (Lipinski definition) is 3. The molecule has 0 saturated carbocycles. The molecule has 6 nitrogen and oxygen atoms in total. The van der Waals surface area contributed by atoms with Gasteiger partial charge in [-0.3, -0.25) is 10.2 Å². The molecule has 2 aliphatic rings. The van der Waals surface area contributed by atoms with Crippen molar-refractivity contribution in [2.24, 2.45) is 5.73 Å². The van der Waals surface area contributed by atoms with E-state index in [1.165, 1.54) is 0 Å². The minimum atomic E-state index is -0.0471.